The van der Waals surface area contributed by atoms with Gasteiger partial charge in [0.1, 0.15) is 0 Å². The van der Waals surface area contributed by atoms with Crippen molar-refractivity contribution < 1.29 is 9.47 Å². The van der Waals surface area contributed by atoms with Crippen LogP contribution in [-0.4, -0.2) is 49.5 Å². The van der Waals surface area contributed by atoms with Gasteiger partial charge in [-0.1, -0.05) is 0 Å². The molecule has 3 fully saturated rings. The minimum absolute atomic E-state index is 0.216. The summed E-state index contributed by atoms with van der Waals surface area (Å²) in [5.41, 5.74) is 0.216. The van der Waals surface area contributed by atoms with Crippen LogP contribution in [-0.2, 0) is 9.47 Å². The SMILES string of the molecule is C1CC(CNC2CCOC3(CCSCC3)C2)CO1. The minimum Gasteiger partial charge on any atom is -0.381 e. The van der Waals surface area contributed by atoms with E-state index in [1.54, 1.807) is 0 Å². The van der Waals surface area contributed by atoms with E-state index >= 15 is 0 Å². The smallest absolute Gasteiger partial charge is 0.0713 e. The largest absolute Gasteiger partial charge is 0.381 e. The molecule has 3 aliphatic heterocycles. The highest BCUT2D eigenvalue weighted by molar-refractivity contribution is 7.99. The Bertz CT molecular complexity index is 257. The standard InChI is InChI=1S/C14H25NO2S/c1-5-16-11-12(1)10-15-13-2-6-17-14(9-13)3-7-18-8-4-14/h12-13,15H,1-11H2. The fraction of sp³-hybridized carbons (Fsp3) is 1.00. The Kier molecular flexibility index (Phi) is 4.50. The first kappa shape index (κ1) is 13.2. The summed E-state index contributed by atoms with van der Waals surface area (Å²) in [7, 11) is 0. The zero-order valence-electron chi connectivity index (χ0n) is 11.2. The molecule has 1 N–H and O–H groups in total. The normalized spacial score (nSPS) is 36.0. The molecule has 3 nitrogen and oxygen atoms in total. The summed E-state index contributed by atoms with van der Waals surface area (Å²) in [6, 6.07) is 0.669. The van der Waals surface area contributed by atoms with E-state index in [2.05, 4.69) is 17.1 Å². The van der Waals surface area contributed by atoms with Gasteiger partial charge in [0, 0.05) is 25.8 Å². The summed E-state index contributed by atoms with van der Waals surface area (Å²) in [5.74, 6) is 3.30. The molecule has 0 aromatic heterocycles. The molecule has 0 bridgehead atoms. The van der Waals surface area contributed by atoms with Crippen LogP contribution >= 0.6 is 11.8 Å². The molecule has 4 heteroatoms. The van der Waals surface area contributed by atoms with Crippen LogP contribution in [0.1, 0.15) is 32.1 Å². The van der Waals surface area contributed by atoms with E-state index in [0.717, 1.165) is 32.3 Å². The fourth-order valence-electron chi connectivity index (χ4n) is 3.37. The van der Waals surface area contributed by atoms with Crippen molar-refractivity contribution in [2.75, 3.05) is 37.9 Å². The second kappa shape index (κ2) is 6.12. The lowest BCUT2D eigenvalue weighted by Crippen LogP contribution is -2.49. The summed E-state index contributed by atoms with van der Waals surface area (Å²) in [5, 5.41) is 3.77. The number of ether oxygens (including phenoxy) is 2. The summed E-state index contributed by atoms with van der Waals surface area (Å²) in [4.78, 5) is 0. The molecule has 0 aromatic carbocycles. The lowest BCUT2D eigenvalue weighted by Gasteiger charge is -2.43. The van der Waals surface area contributed by atoms with Gasteiger partial charge in [-0.05, 0) is 49.5 Å². The molecule has 0 aromatic rings. The molecule has 3 aliphatic rings. The van der Waals surface area contributed by atoms with Crippen molar-refractivity contribution in [1.29, 1.82) is 0 Å². The lowest BCUT2D eigenvalue weighted by molar-refractivity contribution is -0.0933. The molecule has 2 atom stereocenters. The van der Waals surface area contributed by atoms with Crippen molar-refractivity contribution in [2.24, 2.45) is 5.92 Å². The predicted octanol–water partition coefficient (Wildman–Crippen LogP) is 2.06. The minimum atomic E-state index is 0.216. The van der Waals surface area contributed by atoms with Crippen LogP contribution in [0.5, 0.6) is 0 Å². The van der Waals surface area contributed by atoms with Gasteiger partial charge in [-0.2, -0.15) is 11.8 Å². The Hall–Kier alpha value is 0.230. The van der Waals surface area contributed by atoms with Crippen LogP contribution in [0.25, 0.3) is 0 Å². The average molecular weight is 271 g/mol. The van der Waals surface area contributed by atoms with Gasteiger partial charge in [0.05, 0.1) is 12.2 Å². The molecular weight excluding hydrogens is 246 g/mol. The number of thioether (sulfide) groups is 1. The van der Waals surface area contributed by atoms with E-state index in [1.165, 1.54) is 43.6 Å². The molecule has 2 unspecified atom stereocenters. The Morgan fingerprint density at radius 2 is 2.06 bits per heavy atom. The first-order valence-corrected chi connectivity index (χ1v) is 8.55. The van der Waals surface area contributed by atoms with Crippen molar-refractivity contribution in [1.82, 2.24) is 5.32 Å². The molecule has 0 aliphatic carbocycles. The van der Waals surface area contributed by atoms with Crippen LogP contribution in [0.3, 0.4) is 0 Å². The third-order valence-corrected chi connectivity index (χ3v) is 5.60. The van der Waals surface area contributed by atoms with Gasteiger partial charge in [-0.15, -0.1) is 0 Å². The third-order valence-electron chi connectivity index (χ3n) is 4.62. The van der Waals surface area contributed by atoms with Gasteiger partial charge in [0.15, 0.2) is 0 Å². The van der Waals surface area contributed by atoms with Gasteiger partial charge >= 0.3 is 0 Å². The number of rotatable bonds is 3. The summed E-state index contributed by atoms with van der Waals surface area (Å²) >= 11 is 2.08. The first-order chi connectivity index (χ1) is 8.86. The number of hydrogen-bond donors (Lipinski definition) is 1. The van der Waals surface area contributed by atoms with Crippen molar-refractivity contribution >= 4 is 11.8 Å². The number of hydrogen-bond acceptors (Lipinski definition) is 4. The Labute approximate surface area is 114 Å². The second-order valence-electron chi connectivity index (χ2n) is 5.97. The van der Waals surface area contributed by atoms with E-state index in [9.17, 15) is 0 Å². The van der Waals surface area contributed by atoms with E-state index in [0.29, 0.717) is 6.04 Å². The molecule has 3 rings (SSSR count). The molecule has 104 valence electrons. The highest BCUT2D eigenvalue weighted by Crippen LogP contribution is 2.37. The predicted molar refractivity (Wildman–Crippen MR) is 75.2 cm³/mol. The van der Waals surface area contributed by atoms with Crippen molar-refractivity contribution in [3.05, 3.63) is 0 Å². The van der Waals surface area contributed by atoms with Crippen molar-refractivity contribution in [3.8, 4) is 0 Å². The maximum Gasteiger partial charge on any atom is 0.0713 e. The van der Waals surface area contributed by atoms with E-state index in [-0.39, 0.29) is 5.60 Å². The van der Waals surface area contributed by atoms with Crippen LogP contribution in [0.4, 0.5) is 0 Å². The van der Waals surface area contributed by atoms with E-state index in [4.69, 9.17) is 9.47 Å². The molecule has 3 saturated heterocycles. The Morgan fingerprint density at radius 1 is 1.17 bits per heavy atom. The molecule has 0 radical (unpaired) electrons. The third kappa shape index (κ3) is 3.21. The molecule has 3 heterocycles. The van der Waals surface area contributed by atoms with Gasteiger partial charge in [-0.25, -0.2) is 0 Å². The maximum atomic E-state index is 6.13. The first-order valence-electron chi connectivity index (χ1n) is 7.39. The van der Waals surface area contributed by atoms with Gasteiger partial charge in [0.2, 0.25) is 0 Å². The highest BCUT2D eigenvalue weighted by Gasteiger charge is 2.38. The summed E-state index contributed by atoms with van der Waals surface area (Å²) in [6.07, 6.45) is 6.15. The van der Waals surface area contributed by atoms with E-state index in [1.807, 2.05) is 0 Å². The molecule has 0 amide bonds. The average Bonchev–Trinajstić information content (AvgIpc) is 2.91. The van der Waals surface area contributed by atoms with Crippen LogP contribution in [0.2, 0.25) is 0 Å². The zero-order chi connectivity index (χ0) is 12.3. The molecule has 18 heavy (non-hydrogen) atoms. The van der Waals surface area contributed by atoms with Crippen molar-refractivity contribution in [2.45, 2.75) is 43.7 Å². The zero-order valence-corrected chi connectivity index (χ0v) is 12.0. The van der Waals surface area contributed by atoms with E-state index < -0.39 is 0 Å². The van der Waals surface area contributed by atoms with Crippen LogP contribution in [0.15, 0.2) is 0 Å². The Balaban J connectivity index is 1.47. The van der Waals surface area contributed by atoms with Gasteiger partial charge in [0.25, 0.3) is 0 Å². The van der Waals surface area contributed by atoms with Gasteiger partial charge < -0.3 is 14.8 Å². The topological polar surface area (TPSA) is 30.5 Å². The lowest BCUT2D eigenvalue weighted by atomic mass is 9.85. The number of nitrogens with one attached hydrogen (secondary N) is 1. The maximum absolute atomic E-state index is 6.13. The van der Waals surface area contributed by atoms with Crippen molar-refractivity contribution in [3.63, 3.8) is 0 Å². The molecular formula is C14H25NO2S. The quantitative estimate of drug-likeness (QED) is 0.851. The molecule has 1 spiro atoms. The molecule has 0 saturated carbocycles. The highest BCUT2D eigenvalue weighted by atomic mass is 32.2. The summed E-state index contributed by atoms with van der Waals surface area (Å²) < 4.78 is 11.6. The van der Waals surface area contributed by atoms with Crippen LogP contribution < -0.4 is 5.32 Å². The van der Waals surface area contributed by atoms with Crippen LogP contribution in [0, 0.1) is 5.92 Å². The second-order valence-corrected chi connectivity index (χ2v) is 7.20. The fourth-order valence-corrected chi connectivity index (χ4v) is 4.61. The monoisotopic (exact) mass is 271 g/mol. The van der Waals surface area contributed by atoms with Gasteiger partial charge in [-0.3, -0.25) is 0 Å². The summed E-state index contributed by atoms with van der Waals surface area (Å²) in [6.45, 7) is 4.00. The Morgan fingerprint density at radius 3 is 2.83 bits per heavy atom.